The van der Waals surface area contributed by atoms with Crippen molar-refractivity contribution in [3.05, 3.63) is 23.4 Å². The van der Waals surface area contributed by atoms with Gasteiger partial charge in [0.15, 0.2) is 6.10 Å². The van der Waals surface area contributed by atoms with E-state index in [9.17, 15) is 14.4 Å². The van der Waals surface area contributed by atoms with Crippen LogP contribution in [0.1, 0.15) is 19.2 Å². The van der Waals surface area contributed by atoms with Crippen LogP contribution in [0.5, 0.6) is 0 Å². The normalized spacial score (nSPS) is 15.1. The molecule has 9 nitrogen and oxygen atoms in total. The molecule has 2 aromatic heterocycles. The summed E-state index contributed by atoms with van der Waals surface area (Å²) in [7, 11) is 0. The zero-order valence-electron chi connectivity index (χ0n) is 13.4. The van der Waals surface area contributed by atoms with Crippen molar-refractivity contribution < 1.29 is 23.6 Å². The van der Waals surface area contributed by atoms with Gasteiger partial charge in [0.2, 0.25) is 11.7 Å². The lowest BCUT2D eigenvalue weighted by atomic mass is 10.3. The number of nitrogens with zero attached hydrogens (tertiary/aromatic N) is 3. The van der Waals surface area contributed by atoms with Crippen LogP contribution in [-0.4, -0.2) is 52.1 Å². The average molecular weight is 364 g/mol. The minimum Gasteiger partial charge on any atom is -0.453 e. The molecule has 1 aliphatic rings. The molecule has 0 bridgehead atoms. The molecular formula is C15H16N4O5S. The Bertz CT molecular complexity index is 773. The fourth-order valence-electron chi connectivity index (χ4n) is 2.28. The summed E-state index contributed by atoms with van der Waals surface area (Å²) in [5.41, 5.74) is 0. The molecule has 0 radical (unpaired) electrons. The molecular weight excluding hydrogens is 348 g/mol. The Morgan fingerprint density at radius 3 is 3.04 bits per heavy atom. The predicted molar refractivity (Wildman–Crippen MR) is 86.6 cm³/mol. The predicted octanol–water partition coefficient (Wildman–Crippen LogP) is 1.21. The fourth-order valence-corrected chi connectivity index (χ4v) is 2.93. The summed E-state index contributed by atoms with van der Waals surface area (Å²) in [6, 6.07) is 3.28. The van der Waals surface area contributed by atoms with Gasteiger partial charge >= 0.3 is 12.0 Å². The topological polar surface area (TPSA) is 115 Å². The number of rotatable bonds is 6. The van der Waals surface area contributed by atoms with E-state index in [0.717, 1.165) is 9.78 Å². The molecule has 10 heteroatoms. The summed E-state index contributed by atoms with van der Waals surface area (Å²) < 4.78 is 10.2. The highest BCUT2D eigenvalue weighted by Crippen LogP contribution is 2.21. The lowest BCUT2D eigenvalue weighted by Gasteiger charge is -2.17. The van der Waals surface area contributed by atoms with Gasteiger partial charge in [0, 0.05) is 19.5 Å². The van der Waals surface area contributed by atoms with Crippen LogP contribution >= 0.6 is 11.3 Å². The number of hydrogen-bond donors (Lipinski definition) is 1. The molecule has 0 saturated carbocycles. The van der Waals surface area contributed by atoms with Crippen LogP contribution < -0.4 is 5.32 Å². The van der Waals surface area contributed by atoms with E-state index >= 15 is 0 Å². The molecule has 3 rings (SSSR count). The molecule has 0 aliphatic carbocycles. The molecule has 1 aliphatic heterocycles. The highest BCUT2D eigenvalue weighted by Gasteiger charge is 2.31. The van der Waals surface area contributed by atoms with E-state index in [2.05, 4.69) is 15.5 Å². The first-order valence-corrected chi connectivity index (χ1v) is 8.57. The maximum atomic E-state index is 12.0. The van der Waals surface area contributed by atoms with E-state index in [0.29, 0.717) is 18.3 Å². The van der Waals surface area contributed by atoms with E-state index in [-0.39, 0.29) is 19.4 Å². The van der Waals surface area contributed by atoms with Gasteiger partial charge in [0.05, 0.1) is 11.3 Å². The van der Waals surface area contributed by atoms with Crippen molar-refractivity contribution in [1.29, 1.82) is 0 Å². The monoisotopic (exact) mass is 364 g/mol. The van der Waals surface area contributed by atoms with Crippen LogP contribution in [0.3, 0.4) is 0 Å². The van der Waals surface area contributed by atoms with Gasteiger partial charge in [-0.2, -0.15) is 4.98 Å². The summed E-state index contributed by atoms with van der Waals surface area (Å²) in [6.07, 6.45) is -0.821. The first-order chi connectivity index (χ1) is 12.0. The summed E-state index contributed by atoms with van der Waals surface area (Å²) in [4.78, 5) is 41.5. The second kappa shape index (κ2) is 7.43. The Labute approximate surface area is 147 Å². The molecule has 0 aromatic carbocycles. The zero-order chi connectivity index (χ0) is 17.8. The lowest BCUT2D eigenvalue weighted by molar-refractivity contribution is -0.157. The molecule has 25 heavy (non-hydrogen) atoms. The molecule has 2 aromatic rings. The molecule has 1 saturated heterocycles. The highest BCUT2D eigenvalue weighted by molar-refractivity contribution is 7.13. The van der Waals surface area contributed by atoms with E-state index in [1.165, 1.54) is 18.3 Å². The van der Waals surface area contributed by atoms with Crippen LogP contribution in [0.4, 0.5) is 4.79 Å². The van der Waals surface area contributed by atoms with Crippen molar-refractivity contribution in [3.63, 3.8) is 0 Å². The number of urea groups is 1. The van der Waals surface area contributed by atoms with Crippen LogP contribution in [0.25, 0.3) is 10.7 Å². The minimum atomic E-state index is -1.03. The molecule has 3 heterocycles. The summed E-state index contributed by atoms with van der Waals surface area (Å²) in [5.74, 6) is -0.322. The van der Waals surface area contributed by atoms with Crippen molar-refractivity contribution >= 4 is 29.2 Å². The zero-order valence-corrected chi connectivity index (χ0v) is 14.2. The maximum absolute atomic E-state index is 12.0. The Morgan fingerprint density at radius 2 is 2.36 bits per heavy atom. The van der Waals surface area contributed by atoms with Gasteiger partial charge in [0.1, 0.15) is 0 Å². The first-order valence-electron chi connectivity index (χ1n) is 7.70. The van der Waals surface area contributed by atoms with Gasteiger partial charge in [-0.05, 0) is 18.4 Å². The van der Waals surface area contributed by atoms with Gasteiger partial charge in [-0.1, -0.05) is 11.2 Å². The van der Waals surface area contributed by atoms with Crippen molar-refractivity contribution in [2.24, 2.45) is 0 Å². The van der Waals surface area contributed by atoms with Gasteiger partial charge in [-0.25, -0.2) is 4.79 Å². The molecule has 132 valence electrons. The van der Waals surface area contributed by atoms with Gasteiger partial charge in [-0.15, -0.1) is 11.3 Å². The molecule has 1 N–H and O–H groups in total. The summed E-state index contributed by atoms with van der Waals surface area (Å²) >= 11 is 1.49. The summed E-state index contributed by atoms with van der Waals surface area (Å²) in [6.45, 7) is 2.11. The molecule has 1 fully saturated rings. The fraction of sp³-hybridized carbons (Fsp3) is 0.400. The quantitative estimate of drug-likeness (QED) is 0.766. The number of carbonyl (C=O) groups is 3. The number of esters is 1. The van der Waals surface area contributed by atoms with Crippen molar-refractivity contribution in [2.45, 2.75) is 25.9 Å². The maximum Gasteiger partial charge on any atom is 0.324 e. The molecule has 3 amide bonds. The van der Waals surface area contributed by atoms with Crippen molar-refractivity contribution in [2.75, 3.05) is 13.1 Å². The molecule has 1 atom stereocenters. The molecule has 0 spiro atoms. The number of amides is 3. The third-order valence-corrected chi connectivity index (χ3v) is 4.40. The SMILES string of the molecule is C[C@@H](OC(=O)CCc1nc(-c2cccs2)no1)C(=O)N1CCNC1=O. The van der Waals surface area contributed by atoms with Gasteiger partial charge in [0.25, 0.3) is 5.91 Å². The highest BCUT2D eigenvalue weighted by atomic mass is 32.1. The number of carbonyl (C=O) groups excluding carboxylic acids is 3. The average Bonchev–Trinajstić information content (AvgIpc) is 3.33. The smallest absolute Gasteiger partial charge is 0.324 e. The standard InChI is InChI=1S/C15H16N4O5S/c1-9(14(21)19-7-6-16-15(19)22)23-12(20)5-4-11-17-13(18-24-11)10-3-2-8-25-10/h2-3,8-9H,4-7H2,1H3,(H,16,22)/t9-/m1/s1. The second-order valence-electron chi connectivity index (χ2n) is 5.34. The first kappa shape index (κ1) is 17.1. The van der Waals surface area contributed by atoms with E-state index in [1.54, 1.807) is 0 Å². The Balaban J connectivity index is 1.48. The van der Waals surface area contributed by atoms with Gasteiger partial charge < -0.3 is 14.6 Å². The molecule has 0 unspecified atom stereocenters. The Hall–Kier alpha value is -2.75. The summed E-state index contributed by atoms with van der Waals surface area (Å²) in [5, 5.41) is 8.28. The second-order valence-corrected chi connectivity index (χ2v) is 6.29. The minimum absolute atomic E-state index is 0.00408. The number of imide groups is 1. The van der Waals surface area contributed by atoms with E-state index in [4.69, 9.17) is 9.26 Å². The third kappa shape index (κ3) is 4.02. The number of thiophene rings is 1. The number of hydrogen-bond acceptors (Lipinski definition) is 8. The Morgan fingerprint density at radius 1 is 1.52 bits per heavy atom. The number of aryl methyl sites for hydroxylation is 1. The number of aromatic nitrogens is 2. The van der Waals surface area contributed by atoms with E-state index in [1.807, 2.05) is 17.5 Å². The van der Waals surface area contributed by atoms with Crippen molar-refractivity contribution in [3.8, 4) is 10.7 Å². The van der Waals surface area contributed by atoms with E-state index < -0.39 is 24.0 Å². The van der Waals surface area contributed by atoms with Crippen LogP contribution in [0, 0.1) is 0 Å². The number of ether oxygens (including phenoxy) is 1. The van der Waals surface area contributed by atoms with Gasteiger partial charge in [-0.3, -0.25) is 14.5 Å². The number of nitrogens with one attached hydrogen (secondary N) is 1. The Kier molecular flexibility index (Phi) is 5.08. The van der Waals surface area contributed by atoms with Crippen LogP contribution in [0.2, 0.25) is 0 Å². The lowest BCUT2D eigenvalue weighted by Crippen LogP contribution is -2.41. The third-order valence-electron chi connectivity index (χ3n) is 3.53. The largest absolute Gasteiger partial charge is 0.453 e. The van der Waals surface area contributed by atoms with Crippen molar-refractivity contribution in [1.82, 2.24) is 20.4 Å². The van der Waals surface area contributed by atoms with Crippen LogP contribution in [0.15, 0.2) is 22.0 Å². The van der Waals surface area contributed by atoms with Crippen LogP contribution in [-0.2, 0) is 20.7 Å².